The van der Waals surface area contributed by atoms with Crippen molar-refractivity contribution in [2.24, 2.45) is 0 Å². The summed E-state index contributed by atoms with van der Waals surface area (Å²) in [4.78, 5) is 23.6. The zero-order chi connectivity index (χ0) is 22.0. The summed E-state index contributed by atoms with van der Waals surface area (Å²) in [6, 6.07) is 9.40. The summed E-state index contributed by atoms with van der Waals surface area (Å²) < 4.78 is 31.5. The van der Waals surface area contributed by atoms with Crippen molar-refractivity contribution < 1.29 is 13.2 Å². The Balaban J connectivity index is 1.40. The van der Waals surface area contributed by atoms with Crippen LogP contribution in [0.2, 0.25) is 0 Å². The second-order valence-electron chi connectivity index (χ2n) is 7.34. The molecule has 1 saturated heterocycles. The topological polar surface area (TPSA) is 94.4 Å². The fourth-order valence-electron chi connectivity index (χ4n) is 3.44. The predicted octanol–water partition coefficient (Wildman–Crippen LogP) is 2.84. The summed E-state index contributed by atoms with van der Waals surface area (Å²) in [5, 5.41) is 0. The molecule has 10 heteroatoms. The summed E-state index contributed by atoms with van der Waals surface area (Å²) in [6.07, 6.45) is 7.86. The van der Waals surface area contributed by atoms with Crippen LogP contribution in [0.15, 0.2) is 69.2 Å². The molecule has 3 heterocycles. The van der Waals surface area contributed by atoms with Crippen LogP contribution < -0.4 is 15.2 Å². The normalized spacial score (nSPS) is 15.1. The molecule has 31 heavy (non-hydrogen) atoms. The standard InChI is InChI=1S/C21H21BrN4O4S/c1-31(28,29)19-4-2-16(3-5-19)26-11-8-18(12-20(26)27)30-17-6-9-25(10-7-17)21-23-13-15(22)14-24-21/h2-5,8,11-14,17H,6-7,9-10H2,1H3. The van der Waals surface area contributed by atoms with Crippen molar-refractivity contribution in [2.75, 3.05) is 24.2 Å². The molecule has 8 nitrogen and oxygen atoms in total. The maximum atomic E-state index is 12.6. The molecular weight excluding hydrogens is 484 g/mol. The molecule has 0 N–H and O–H groups in total. The number of aromatic nitrogens is 3. The van der Waals surface area contributed by atoms with Crippen LogP contribution in [-0.4, -0.2) is 48.4 Å². The van der Waals surface area contributed by atoms with Gasteiger partial charge >= 0.3 is 0 Å². The van der Waals surface area contributed by atoms with Gasteiger partial charge in [-0.15, -0.1) is 0 Å². The van der Waals surface area contributed by atoms with Gasteiger partial charge in [0.1, 0.15) is 11.9 Å². The van der Waals surface area contributed by atoms with E-state index >= 15 is 0 Å². The summed E-state index contributed by atoms with van der Waals surface area (Å²) in [5.41, 5.74) is 0.345. The maximum Gasteiger partial charge on any atom is 0.258 e. The van der Waals surface area contributed by atoms with Crippen molar-refractivity contribution in [1.29, 1.82) is 0 Å². The first-order valence-electron chi connectivity index (χ1n) is 9.72. The van der Waals surface area contributed by atoms with Crippen LogP contribution in [0.3, 0.4) is 0 Å². The van der Waals surface area contributed by atoms with Crippen molar-refractivity contribution in [1.82, 2.24) is 14.5 Å². The van der Waals surface area contributed by atoms with Gasteiger partial charge in [-0.3, -0.25) is 9.36 Å². The first kappa shape index (κ1) is 21.5. The third-order valence-corrected chi connectivity index (χ3v) is 6.61. The van der Waals surface area contributed by atoms with Crippen molar-refractivity contribution >= 4 is 31.7 Å². The Labute approximate surface area is 188 Å². The Morgan fingerprint density at radius 3 is 2.29 bits per heavy atom. The van der Waals surface area contributed by atoms with E-state index in [2.05, 4.69) is 30.8 Å². The van der Waals surface area contributed by atoms with Crippen LogP contribution in [0.5, 0.6) is 5.75 Å². The number of nitrogens with zero attached hydrogens (tertiary/aromatic N) is 4. The smallest absolute Gasteiger partial charge is 0.258 e. The molecule has 0 aliphatic carbocycles. The van der Waals surface area contributed by atoms with E-state index in [4.69, 9.17) is 4.74 Å². The highest BCUT2D eigenvalue weighted by molar-refractivity contribution is 9.10. The van der Waals surface area contributed by atoms with E-state index in [0.717, 1.165) is 36.7 Å². The van der Waals surface area contributed by atoms with Crippen molar-refractivity contribution in [2.45, 2.75) is 23.8 Å². The molecule has 4 rings (SSSR count). The molecular formula is C21H21BrN4O4S. The first-order valence-corrected chi connectivity index (χ1v) is 12.4. The minimum absolute atomic E-state index is 0.0102. The van der Waals surface area contributed by atoms with Gasteiger partial charge in [0, 0.05) is 62.5 Å². The van der Waals surface area contributed by atoms with Gasteiger partial charge in [0.05, 0.1) is 9.37 Å². The lowest BCUT2D eigenvalue weighted by Gasteiger charge is -2.32. The largest absolute Gasteiger partial charge is 0.490 e. The third-order valence-electron chi connectivity index (χ3n) is 5.07. The Hall–Kier alpha value is -2.72. The number of ether oxygens (including phenoxy) is 1. The van der Waals surface area contributed by atoms with Crippen molar-refractivity contribution in [3.8, 4) is 11.4 Å². The minimum atomic E-state index is -3.28. The lowest BCUT2D eigenvalue weighted by Crippen LogP contribution is -2.39. The number of anilines is 1. The highest BCUT2D eigenvalue weighted by Crippen LogP contribution is 2.21. The fraction of sp³-hybridized carbons (Fsp3) is 0.286. The number of hydrogen-bond donors (Lipinski definition) is 0. The van der Waals surface area contributed by atoms with E-state index in [-0.39, 0.29) is 16.6 Å². The molecule has 1 aliphatic heterocycles. The Morgan fingerprint density at radius 2 is 1.71 bits per heavy atom. The average molecular weight is 505 g/mol. The molecule has 0 saturated carbocycles. The van der Waals surface area contributed by atoms with Gasteiger partial charge in [0.15, 0.2) is 9.84 Å². The van der Waals surface area contributed by atoms with Crippen LogP contribution in [0.25, 0.3) is 5.69 Å². The number of hydrogen-bond acceptors (Lipinski definition) is 7. The lowest BCUT2D eigenvalue weighted by molar-refractivity contribution is 0.170. The fourth-order valence-corrected chi connectivity index (χ4v) is 4.27. The Bertz CT molecular complexity index is 1220. The predicted molar refractivity (Wildman–Crippen MR) is 121 cm³/mol. The molecule has 2 aromatic heterocycles. The van der Waals surface area contributed by atoms with E-state index in [1.165, 1.54) is 22.8 Å². The summed E-state index contributed by atoms with van der Waals surface area (Å²) >= 11 is 3.34. The molecule has 0 amide bonds. The highest BCUT2D eigenvalue weighted by atomic mass is 79.9. The second kappa shape index (κ2) is 8.80. The van der Waals surface area contributed by atoms with Gasteiger partial charge in [-0.25, -0.2) is 18.4 Å². The monoisotopic (exact) mass is 504 g/mol. The van der Waals surface area contributed by atoms with Crippen molar-refractivity contribution in [3.05, 3.63) is 69.8 Å². The van der Waals surface area contributed by atoms with Gasteiger partial charge in [0.25, 0.3) is 5.56 Å². The second-order valence-corrected chi connectivity index (χ2v) is 10.3. The van der Waals surface area contributed by atoms with E-state index in [1.54, 1.807) is 36.8 Å². The van der Waals surface area contributed by atoms with Crippen LogP contribution in [0.4, 0.5) is 5.95 Å². The Kier molecular flexibility index (Phi) is 6.10. The molecule has 162 valence electrons. The van der Waals surface area contributed by atoms with Gasteiger partial charge in [-0.1, -0.05) is 0 Å². The van der Waals surface area contributed by atoms with E-state index in [0.29, 0.717) is 17.4 Å². The number of pyridine rings is 1. The number of benzene rings is 1. The van der Waals surface area contributed by atoms with Gasteiger partial charge < -0.3 is 9.64 Å². The maximum absolute atomic E-state index is 12.6. The number of rotatable bonds is 5. The van der Waals surface area contributed by atoms with Gasteiger partial charge in [0.2, 0.25) is 5.95 Å². The van der Waals surface area contributed by atoms with Crippen LogP contribution in [-0.2, 0) is 9.84 Å². The molecule has 1 aromatic carbocycles. The molecule has 0 unspecified atom stereocenters. The van der Waals surface area contributed by atoms with Crippen molar-refractivity contribution in [3.63, 3.8) is 0 Å². The SMILES string of the molecule is CS(=O)(=O)c1ccc(-n2ccc(OC3CCN(c4ncc(Br)cn4)CC3)cc2=O)cc1. The molecule has 3 aromatic rings. The van der Waals surface area contributed by atoms with E-state index in [9.17, 15) is 13.2 Å². The molecule has 0 spiro atoms. The average Bonchev–Trinajstić information content (AvgIpc) is 2.75. The lowest BCUT2D eigenvalue weighted by atomic mass is 10.1. The number of halogens is 1. The van der Waals surface area contributed by atoms with Gasteiger partial charge in [-0.05, 0) is 46.3 Å². The van der Waals surface area contributed by atoms with Crippen LogP contribution >= 0.6 is 15.9 Å². The summed E-state index contributed by atoms with van der Waals surface area (Å²) in [6.45, 7) is 1.55. The highest BCUT2D eigenvalue weighted by Gasteiger charge is 2.22. The zero-order valence-corrected chi connectivity index (χ0v) is 19.2. The van der Waals surface area contributed by atoms with E-state index in [1.807, 2.05) is 0 Å². The summed E-state index contributed by atoms with van der Waals surface area (Å²) in [5.74, 6) is 1.22. The summed E-state index contributed by atoms with van der Waals surface area (Å²) in [7, 11) is -3.28. The molecule has 1 fully saturated rings. The molecule has 0 atom stereocenters. The van der Waals surface area contributed by atoms with Gasteiger partial charge in [-0.2, -0.15) is 0 Å². The van der Waals surface area contributed by atoms with Crippen LogP contribution in [0.1, 0.15) is 12.8 Å². The molecule has 1 aliphatic rings. The minimum Gasteiger partial charge on any atom is -0.490 e. The zero-order valence-electron chi connectivity index (χ0n) is 16.8. The van der Waals surface area contributed by atoms with Crippen LogP contribution in [0, 0.1) is 0 Å². The molecule has 0 radical (unpaired) electrons. The molecule has 0 bridgehead atoms. The third kappa shape index (κ3) is 5.13. The quantitative estimate of drug-likeness (QED) is 0.527. The van der Waals surface area contributed by atoms with E-state index < -0.39 is 9.84 Å². The number of sulfone groups is 1. The first-order chi connectivity index (χ1) is 14.8. The Morgan fingerprint density at radius 1 is 1.06 bits per heavy atom. The number of piperidine rings is 1.